The molecule has 9 aromatic carbocycles. The predicted octanol–water partition coefficient (Wildman–Crippen LogP) is 16.5. The summed E-state index contributed by atoms with van der Waals surface area (Å²) in [5, 5.41) is 6.46. The number of rotatable bonds is 5. The fourth-order valence-corrected chi connectivity index (χ4v) is 10.1. The molecule has 0 spiro atoms. The van der Waals surface area contributed by atoms with E-state index < -0.39 is 0 Å². The maximum absolute atomic E-state index is 6.89. The van der Waals surface area contributed by atoms with E-state index in [0.717, 1.165) is 105 Å². The second-order valence-electron chi connectivity index (χ2n) is 16.8. The van der Waals surface area contributed by atoms with Gasteiger partial charge >= 0.3 is 0 Å². The Hall–Kier alpha value is -7.82. The van der Waals surface area contributed by atoms with Crippen LogP contribution >= 0.6 is 0 Å². The molecule has 0 saturated heterocycles. The van der Waals surface area contributed by atoms with Crippen molar-refractivity contribution >= 4 is 82.9 Å². The van der Waals surface area contributed by atoms with Crippen molar-refractivity contribution in [1.29, 1.82) is 0 Å². The van der Waals surface area contributed by atoms with E-state index in [-0.39, 0.29) is 5.41 Å². The summed E-state index contributed by atoms with van der Waals surface area (Å²) in [6.07, 6.45) is 0. The van der Waals surface area contributed by atoms with Gasteiger partial charge in [-0.2, -0.15) is 0 Å². The lowest BCUT2D eigenvalue weighted by Gasteiger charge is -2.28. The van der Waals surface area contributed by atoms with E-state index in [1.807, 2.05) is 24.3 Å². The third-order valence-electron chi connectivity index (χ3n) is 13.1. The van der Waals surface area contributed by atoms with Gasteiger partial charge in [0.05, 0.1) is 5.69 Å². The monoisotopic (exact) mass is 783 g/mol. The van der Waals surface area contributed by atoms with Crippen molar-refractivity contribution in [3.05, 3.63) is 199 Å². The van der Waals surface area contributed by atoms with Crippen molar-refractivity contribution in [3.8, 4) is 33.4 Å². The molecule has 0 fully saturated rings. The molecule has 0 amide bonds. The SMILES string of the molecule is CC1(C)c2ccccc2-c2ccc(N(c3ccc(-c4ccc5c(c4)oc4c(-c6ccccc6)c6c(cc45)oc4ccccc46)cc3)c3cccc4c3oc3ccccc34)cc21. The van der Waals surface area contributed by atoms with Gasteiger partial charge in [-0.1, -0.05) is 141 Å². The lowest BCUT2D eigenvalue weighted by molar-refractivity contribution is 0.660. The van der Waals surface area contributed by atoms with Gasteiger partial charge in [-0.25, -0.2) is 0 Å². The Morgan fingerprint density at radius 1 is 0.377 bits per heavy atom. The van der Waals surface area contributed by atoms with Crippen LogP contribution in [-0.4, -0.2) is 0 Å². The highest BCUT2D eigenvalue weighted by molar-refractivity contribution is 6.23. The molecule has 0 atom stereocenters. The summed E-state index contributed by atoms with van der Waals surface area (Å²) in [6, 6.07) is 66.8. The van der Waals surface area contributed by atoms with Crippen LogP contribution in [0.3, 0.4) is 0 Å². The van der Waals surface area contributed by atoms with Crippen LogP contribution in [0.2, 0.25) is 0 Å². The van der Waals surface area contributed by atoms with Crippen LogP contribution in [0.15, 0.2) is 201 Å². The first kappa shape index (κ1) is 34.1. The van der Waals surface area contributed by atoms with Gasteiger partial charge < -0.3 is 18.2 Å². The molecule has 0 N–H and O–H groups in total. The van der Waals surface area contributed by atoms with Crippen LogP contribution in [0.4, 0.5) is 17.1 Å². The van der Waals surface area contributed by atoms with E-state index in [9.17, 15) is 0 Å². The third-order valence-corrected chi connectivity index (χ3v) is 13.1. The highest BCUT2D eigenvalue weighted by atomic mass is 16.3. The van der Waals surface area contributed by atoms with Gasteiger partial charge in [-0.05, 0) is 99.6 Å². The Labute approximate surface area is 351 Å². The molecule has 3 aromatic heterocycles. The van der Waals surface area contributed by atoms with Crippen LogP contribution in [0.1, 0.15) is 25.0 Å². The average Bonchev–Trinajstić information content (AvgIpc) is 4.04. The summed E-state index contributed by atoms with van der Waals surface area (Å²) in [7, 11) is 0. The Morgan fingerprint density at radius 2 is 1.03 bits per heavy atom. The van der Waals surface area contributed by atoms with Crippen LogP contribution < -0.4 is 4.90 Å². The smallest absolute Gasteiger partial charge is 0.159 e. The van der Waals surface area contributed by atoms with Gasteiger partial charge in [0.2, 0.25) is 0 Å². The fourth-order valence-electron chi connectivity index (χ4n) is 10.1. The topological polar surface area (TPSA) is 42.7 Å². The first-order chi connectivity index (χ1) is 30.0. The summed E-state index contributed by atoms with van der Waals surface area (Å²) in [5.41, 5.74) is 17.8. The molecule has 1 aliphatic carbocycles. The van der Waals surface area contributed by atoms with Gasteiger partial charge in [0.15, 0.2) is 5.58 Å². The number of hydrogen-bond donors (Lipinski definition) is 0. The van der Waals surface area contributed by atoms with Crippen LogP contribution in [0.25, 0.3) is 99.2 Å². The lowest BCUT2D eigenvalue weighted by Crippen LogP contribution is -2.16. The highest BCUT2D eigenvalue weighted by Gasteiger charge is 2.36. The van der Waals surface area contributed by atoms with Crippen LogP contribution in [0, 0.1) is 0 Å². The minimum absolute atomic E-state index is 0.141. The highest BCUT2D eigenvalue weighted by Crippen LogP contribution is 2.52. The summed E-state index contributed by atoms with van der Waals surface area (Å²) < 4.78 is 20.0. The first-order valence-electron chi connectivity index (χ1n) is 20.9. The zero-order valence-electron chi connectivity index (χ0n) is 33.6. The van der Waals surface area contributed by atoms with Gasteiger partial charge in [0, 0.05) is 54.7 Å². The van der Waals surface area contributed by atoms with E-state index in [1.165, 1.54) is 22.3 Å². The quantitative estimate of drug-likeness (QED) is 0.174. The molecule has 61 heavy (non-hydrogen) atoms. The molecule has 1 aliphatic rings. The molecule has 13 rings (SSSR count). The van der Waals surface area contributed by atoms with Crippen LogP contribution in [0.5, 0.6) is 0 Å². The number of nitrogens with zero attached hydrogens (tertiary/aromatic N) is 1. The molecule has 288 valence electrons. The molecule has 0 saturated carbocycles. The predicted molar refractivity (Wildman–Crippen MR) is 251 cm³/mol. The van der Waals surface area contributed by atoms with Crippen molar-refractivity contribution in [1.82, 2.24) is 0 Å². The third kappa shape index (κ3) is 4.93. The molecule has 0 bridgehead atoms. The largest absolute Gasteiger partial charge is 0.456 e. The van der Waals surface area contributed by atoms with Gasteiger partial charge in [-0.15, -0.1) is 0 Å². The normalized spacial score (nSPS) is 13.2. The number of anilines is 3. The molecule has 0 aliphatic heterocycles. The zero-order valence-corrected chi connectivity index (χ0v) is 33.6. The summed E-state index contributed by atoms with van der Waals surface area (Å²) >= 11 is 0. The van der Waals surface area contributed by atoms with E-state index in [1.54, 1.807) is 0 Å². The summed E-state index contributed by atoms with van der Waals surface area (Å²) in [4.78, 5) is 2.35. The fraction of sp³-hybridized carbons (Fsp3) is 0.0526. The Bertz CT molecular complexity index is 3730. The standard InChI is InChI=1S/C57H37NO3/c1-57(2)46-19-9-6-15-39(46)40-30-28-38(32-47(40)57)58(48-20-12-18-43-41-16-7-10-21-49(41)60-55(43)48)37-26-23-34(24-27-37)36-25-29-42-45-33-52-54(44-17-8-11-22-50(44)59-52)53(35-13-4-3-5-14-35)56(45)61-51(42)31-36/h3-33H,1-2H3. The number of furan rings is 3. The van der Waals surface area contributed by atoms with Gasteiger partial charge in [-0.3, -0.25) is 0 Å². The Kier molecular flexibility index (Phi) is 7.04. The molecule has 4 heteroatoms. The van der Waals surface area contributed by atoms with Crippen molar-refractivity contribution in [2.75, 3.05) is 4.90 Å². The second kappa shape index (κ2) is 12.6. The molecular weight excluding hydrogens is 747 g/mol. The van der Waals surface area contributed by atoms with E-state index >= 15 is 0 Å². The van der Waals surface area contributed by atoms with Crippen molar-refractivity contribution in [2.24, 2.45) is 0 Å². The Morgan fingerprint density at radius 3 is 1.89 bits per heavy atom. The van der Waals surface area contributed by atoms with E-state index in [0.29, 0.717) is 0 Å². The van der Waals surface area contributed by atoms with E-state index in [4.69, 9.17) is 13.3 Å². The van der Waals surface area contributed by atoms with Crippen LogP contribution in [-0.2, 0) is 5.41 Å². The second-order valence-corrected chi connectivity index (χ2v) is 16.8. The maximum atomic E-state index is 6.89. The van der Waals surface area contributed by atoms with Crippen molar-refractivity contribution in [3.63, 3.8) is 0 Å². The van der Waals surface area contributed by atoms with Gasteiger partial charge in [0.1, 0.15) is 27.9 Å². The average molecular weight is 784 g/mol. The number of para-hydroxylation sites is 3. The summed E-state index contributed by atoms with van der Waals surface area (Å²) in [6.45, 7) is 4.67. The molecule has 4 nitrogen and oxygen atoms in total. The minimum Gasteiger partial charge on any atom is -0.456 e. The molecule has 0 radical (unpaired) electrons. The molecule has 3 heterocycles. The number of fused-ring (bicyclic) bond motifs is 12. The van der Waals surface area contributed by atoms with Crippen molar-refractivity contribution < 1.29 is 13.3 Å². The minimum atomic E-state index is -0.141. The molecule has 0 unspecified atom stereocenters. The summed E-state index contributed by atoms with van der Waals surface area (Å²) in [5.74, 6) is 0. The maximum Gasteiger partial charge on any atom is 0.159 e. The molecule has 12 aromatic rings. The van der Waals surface area contributed by atoms with Gasteiger partial charge in [0.25, 0.3) is 0 Å². The Balaban J connectivity index is 0.955. The first-order valence-corrected chi connectivity index (χ1v) is 20.9. The number of hydrogen-bond acceptors (Lipinski definition) is 4. The van der Waals surface area contributed by atoms with Crippen molar-refractivity contribution in [2.45, 2.75) is 19.3 Å². The van der Waals surface area contributed by atoms with E-state index in [2.05, 4.69) is 183 Å². The molecular formula is C57H37NO3. The number of benzene rings is 9. The zero-order chi connectivity index (χ0) is 40.4. The lowest BCUT2D eigenvalue weighted by atomic mass is 9.82.